The highest BCUT2D eigenvalue weighted by Gasteiger charge is 2.27. The Labute approximate surface area is 112 Å². The predicted octanol–water partition coefficient (Wildman–Crippen LogP) is 2.22. The summed E-state index contributed by atoms with van der Waals surface area (Å²) in [7, 11) is 0. The topological polar surface area (TPSA) is 72.8 Å². The van der Waals surface area contributed by atoms with E-state index in [2.05, 4.69) is 15.9 Å². The molecule has 2 rings (SSSR count). The first-order valence-electron chi connectivity index (χ1n) is 5.36. The molecule has 1 atom stereocenters. The van der Waals surface area contributed by atoms with Crippen LogP contribution in [0.5, 0.6) is 11.5 Å². The molecule has 1 aromatic rings. The monoisotopic (exact) mass is 314 g/mol. The molecule has 1 unspecified atom stereocenters. The molecule has 1 aromatic carbocycles. The fourth-order valence-electron chi connectivity index (χ4n) is 1.79. The number of benzene rings is 1. The molecule has 0 fully saturated rings. The third-order valence-electron chi connectivity index (χ3n) is 2.78. The zero-order valence-electron chi connectivity index (χ0n) is 9.60. The smallest absolute Gasteiger partial charge is 0.310 e. The second kappa shape index (κ2) is 4.97. The lowest BCUT2D eigenvalue weighted by Crippen LogP contribution is -2.20. The fourth-order valence-corrected chi connectivity index (χ4v) is 2.31. The van der Waals surface area contributed by atoms with Gasteiger partial charge in [0.1, 0.15) is 13.2 Å². The van der Waals surface area contributed by atoms with Crippen LogP contribution in [0.25, 0.3) is 0 Å². The van der Waals surface area contributed by atoms with Crippen molar-refractivity contribution < 1.29 is 24.2 Å². The lowest BCUT2D eigenvalue weighted by molar-refractivity contribution is -0.138. The number of aliphatic carboxylic acids is 1. The molecule has 1 aliphatic heterocycles. The van der Waals surface area contributed by atoms with Gasteiger partial charge in [0.15, 0.2) is 17.8 Å². The molecule has 0 radical (unpaired) electrons. The number of carboxylic acids is 1. The van der Waals surface area contributed by atoms with Gasteiger partial charge in [-0.2, -0.15) is 0 Å². The lowest BCUT2D eigenvalue weighted by Gasteiger charge is -2.24. The molecular formula is C12H11BrO5. The first-order valence-corrected chi connectivity index (χ1v) is 6.15. The Morgan fingerprint density at radius 3 is 2.61 bits per heavy atom. The highest BCUT2D eigenvalue weighted by Crippen LogP contribution is 2.43. The molecule has 96 valence electrons. The normalized spacial score (nSPS) is 15.0. The van der Waals surface area contributed by atoms with E-state index in [4.69, 9.17) is 14.6 Å². The standard InChI is InChI=1S/C12H11BrO5/c1-6(12(15)16)7-4-9(13)8(5-14)11-10(7)17-2-3-18-11/h4-6H,2-3H2,1H3,(H,15,16). The summed E-state index contributed by atoms with van der Waals surface area (Å²) < 4.78 is 11.4. The molecule has 0 saturated heterocycles. The number of ether oxygens (including phenoxy) is 2. The van der Waals surface area contributed by atoms with Gasteiger partial charge in [-0.25, -0.2) is 0 Å². The first kappa shape index (κ1) is 12.9. The maximum atomic E-state index is 11.1. The summed E-state index contributed by atoms with van der Waals surface area (Å²) in [5.74, 6) is -1.04. The molecule has 1 N–H and O–H groups in total. The third kappa shape index (κ3) is 2.08. The van der Waals surface area contributed by atoms with Crippen LogP contribution in [0.15, 0.2) is 10.5 Å². The van der Waals surface area contributed by atoms with E-state index in [1.165, 1.54) is 0 Å². The van der Waals surface area contributed by atoms with Gasteiger partial charge >= 0.3 is 5.97 Å². The molecule has 0 aliphatic carbocycles. The van der Waals surface area contributed by atoms with Gasteiger partial charge in [-0.3, -0.25) is 9.59 Å². The molecule has 0 spiro atoms. The van der Waals surface area contributed by atoms with Gasteiger partial charge in [-0.1, -0.05) is 0 Å². The van der Waals surface area contributed by atoms with Crippen LogP contribution < -0.4 is 9.47 Å². The number of halogens is 1. The molecule has 0 amide bonds. The number of carboxylic acid groups (broad SMARTS) is 1. The van der Waals surface area contributed by atoms with E-state index >= 15 is 0 Å². The Bertz CT molecular complexity index is 512. The van der Waals surface area contributed by atoms with Gasteiger partial charge in [0.25, 0.3) is 0 Å². The zero-order valence-corrected chi connectivity index (χ0v) is 11.2. The van der Waals surface area contributed by atoms with Crippen LogP contribution in [0.3, 0.4) is 0 Å². The average molecular weight is 315 g/mol. The van der Waals surface area contributed by atoms with Crippen molar-refractivity contribution in [1.29, 1.82) is 0 Å². The van der Waals surface area contributed by atoms with Gasteiger partial charge in [-0.15, -0.1) is 0 Å². The Morgan fingerprint density at radius 2 is 2.06 bits per heavy atom. The second-order valence-electron chi connectivity index (χ2n) is 3.89. The van der Waals surface area contributed by atoms with Crippen molar-refractivity contribution in [3.05, 3.63) is 21.7 Å². The van der Waals surface area contributed by atoms with Crippen molar-refractivity contribution in [2.45, 2.75) is 12.8 Å². The average Bonchev–Trinajstić information content (AvgIpc) is 2.37. The maximum Gasteiger partial charge on any atom is 0.310 e. The summed E-state index contributed by atoms with van der Waals surface area (Å²) in [6.07, 6.45) is 0.660. The Hall–Kier alpha value is -1.56. The SMILES string of the molecule is CC(C(=O)O)c1cc(Br)c(C=O)c2c1OCCO2. The molecule has 6 heteroatoms. The number of carbonyl (C=O) groups excluding carboxylic acids is 1. The molecule has 0 aromatic heterocycles. The number of hydrogen-bond acceptors (Lipinski definition) is 4. The van der Waals surface area contributed by atoms with Gasteiger partial charge in [0.2, 0.25) is 0 Å². The number of rotatable bonds is 3. The van der Waals surface area contributed by atoms with Crippen molar-refractivity contribution >= 4 is 28.2 Å². The van der Waals surface area contributed by atoms with Crippen molar-refractivity contribution in [2.24, 2.45) is 0 Å². The molecule has 18 heavy (non-hydrogen) atoms. The quantitative estimate of drug-likeness (QED) is 0.866. The molecule has 0 saturated carbocycles. The number of aldehydes is 1. The van der Waals surface area contributed by atoms with Gasteiger partial charge in [-0.05, 0) is 28.9 Å². The zero-order chi connectivity index (χ0) is 13.3. The largest absolute Gasteiger partial charge is 0.486 e. The van der Waals surface area contributed by atoms with Gasteiger partial charge < -0.3 is 14.6 Å². The van der Waals surface area contributed by atoms with Gasteiger partial charge in [0, 0.05) is 10.0 Å². The van der Waals surface area contributed by atoms with E-state index in [9.17, 15) is 9.59 Å². The summed E-state index contributed by atoms with van der Waals surface area (Å²) in [5.41, 5.74) is 0.834. The second-order valence-corrected chi connectivity index (χ2v) is 4.75. The Kier molecular flexibility index (Phi) is 3.56. The van der Waals surface area contributed by atoms with Crippen molar-refractivity contribution in [3.8, 4) is 11.5 Å². The fraction of sp³-hybridized carbons (Fsp3) is 0.333. The minimum atomic E-state index is -0.961. The van der Waals surface area contributed by atoms with Crippen LogP contribution in [0.2, 0.25) is 0 Å². The number of hydrogen-bond donors (Lipinski definition) is 1. The van der Waals surface area contributed by atoms with E-state index in [1.54, 1.807) is 13.0 Å². The summed E-state index contributed by atoms with van der Waals surface area (Å²) >= 11 is 3.24. The van der Waals surface area contributed by atoms with E-state index in [0.717, 1.165) is 0 Å². The summed E-state index contributed by atoms with van der Waals surface area (Å²) in [5, 5.41) is 9.07. The Morgan fingerprint density at radius 1 is 1.44 bits per heavy atom. The Balaban J connectivity index is 2.64. The summed E-state index contributed by atoms with van der Waals surface area (Å²) in [4.78, 5) is 22.1. The summed E-state index contributed by atoms with van der Waals surface area (Å²) in [6.45, 7) is 2.24. The maximum absolute atomic E-state index is 11.1. The van der Waals surface area contributed by atoms with Gasteiger partial charge in [0.05, 0.1) is 11.5 Å². The van der Waals surface area contributed by atoms with E-state index < -0.39 is 11.9 Å². The van der Waals surface area contributed by atoms with Crippen LogP contribution in [-0.2, 0) is 4.79 Å². The molecule has 1 heterocycles. The first-order chi connectivity index (χ1) is 8.56. The highest BCUT2D eigenvalue weighted by atomic mass is 79.9. The third-order valence-corrected chi connectivity index (χ3v) is 3.44. The van der Waals surface area contributed by atoms with E-state index in [-0.39, 0.29) is 0 Å². The number of fused-ring (bicyclic) bond motifs is 1. The molecule has 0 bridgehead atoms. The lowest BCUT2D eigenvalue weighted by atomic mass is 9.97. The highest BCUT2D eigenvalue weighted by molar-refractivity contribution is 9.10. The minimum Gasteiger partial charge on any atom is -0.486 e. The van der Waals surface area contributed by atoms with Crippen molar-refractivity contribution in [2.75, 3.05) is 13.2 Å². The van der Waals surface area contributed by atoms with E-state index in [1.807, 2.05) is 0 Å². The summed E-state index contributed by atoms with van der Waals surface area (Å²) in [6, 6.07) is 1.59. The predicted molar refractivity (Wildman–Crippen MR) is 66.6 cm³/mol. The van der Waals surface area contributed by atoms with Crippen LogP contribution in [-0.4, -0.2) is 30.6 Å². The van der Waals surface area contributed by atoms with Crippen LogP contribution >= 0.6 is 15.9 Å². The van der Waals surface area contributed by atoms with Crippen LogP contribution in [0.4, 0.5) is 0 Å². The molecule has 1 aliphatic rings. The van der Waals surface area contributed by atoms with Crippen LogP contribution in [0.1, 0.15) is 28.8 Å². The molecular weight excluding hydrogens is 304 g/mol. The van der Waals surface area contributed by atoms with Crippen molar-refractivity contribution in [3.63, 3.8) is 0 Å². The minimum absolute atomic E-state index is 0.314. The number of carbonyl (C=O) groups is 2. The van der Waals surface area contributed by atoms with E-state index in [0.29, 0.717) is 46.6 Å². The molecule has 5 nitrogen and oxygen atoms in total. The van der Waals surface area contributed by atoms with Crippen molar-refractivity contribution in [1.82, 2.24) is 0 Å². The van der Waals surface area contributed by atoms with Crippen LogP contribution in [0, 0.1) is 0 Å².